The molecule has 1 heterocycles. The molecular weight excluding hydrogens is 639 g/mol. The molecule has 0 aliphatic carbocycles. The van der Waals surface area contributed by atoms with E-state index in [1.165, 1.54) is 77.6 Å². The van der Waals surface area contributed by atoms with E-state index < -0.39 is 0 Å². The van der Waals surface area contributed by atoms with Crippen molar-refractivity contribution >= 4 is 21.8 Å². The Labute approximate surface area is 312 Å². The van der Waals surface area contributed by atoms with Gasteiger partial charge in [-0.15, -0.1) is 0 Å². The lowest BCUT2D eigenvalue weighted by atomic mass is 9.86. The number of fused-ring (bicyclic) bond motifs is 3. The summed E-state index contributed by atoms with van der Waals surface area (Å²) in [5.41, 5.74) is 15.3. The van der Waals surface area contributed by atoms with Crippen molar-refractivity contribution in [1.29, 1.82) is 0 Å². The van der Waals surface area contributed by atoms with Gasteiger partial charge < -0.3 is 4.57 Å². The molecule has 0 saturated heterocycles. The fraction of sp³-hybridized carbons (Fsp3) is 0.0769. The van der Waals surface area contributed by atoms with Gasteiger partial charge in [0, 0.05) is 16.5 Å². The predicted molar refractivity (Wildman–Crippen MR) is 225 cm³/mol. The van der Waals surface area contributed by atoms with Crippen molar-refractivity contribution in [3.8, 4) is 39.1 Å². The second-order valence-corrected chi connectivity index (χ2v) is 14.1. The SMILES string of the molecule is c1ccc(-c2ccc(CC(CCc3ccc(-c4ccc5c(c4)c4ccccc4n5-c4ccccc4)cc3)c3ccc(-c4ccccc4)cc3)cc2)cc1. The van der Waals surface area contributed by atoms with E-state index >= 15 is 0 Å². The Morgan fingerprint density at radius 1 is 0.358 bits per heavy atom. The number of rotatable bonds is 10. The highest BCUT2D eigenvalue weighted by Crippen LogP contribution is 2.35. The molecule has 0 spiro atoms. The highest BCUT2D eigenvalue weighted by molar-refractivity contribution is 6.10. The van der Waals surface area contributed by atoms with Crippen LogP contribution in [0.2, 0.25) is 0 Å². The number of nitrogens with zero attached hydrogens (tertiary/aromatic N) is 1. The summed E-state index contributed by atoms with van der Waals surface area (Å²) in [5.74, 6) is 0.409. The largest absolute Gasteiger partial charge is 0.309 e. The molecule has 9 rings (SSSR count). The van der Waals surface area contributed by atoms with Crippen molar-refractivity contribution in [1.82, 2.24) is 4.57 Å². The Hall–Kier alpha value is -6.44. The molecule has 0 aliphatic rings. The third-order valence-electron chi connectivity index (χ3n) is 10.8. The van der Waals surface area contributed by atoms with E-state index in [-0.39, 0.29) is 0 Å². The Morgan fingerprint density at radius 3 is 1.47 bits per heavy atom. The smallest absolute Gasteiger partial charge is 0.0541 e. The van der Waals surface area contributed by atoms with E-state index in [4.69, 9.17) is 0 Å². The summed E-state index contributed by atoms with van der Waals surface area (Å²) in [6.07, 6.45) is 3.11. The molecule has 1 aromatic heterocycles. The molecule has 8 aromatic carbocycles. The lowest BCUT2D eigenvalue weighted by molar-refractivity contribution is 0.621. The molecule has 9 aromatic rings. The van der Waals surface area contributed by atoms with Crippen molar-refractivity contribution < 1.29 is 0 Å². The molecule has 1 unspecified atom stereocenters. The first-order valence-corrected chi connectivity index (χ1v) is 18.7. The number of hydrogen-bond donors (Lipinski definition) is 0. The maximum atomic E-state index is 2.38. The van der Waals surface area contributed by atoms with Gasteiger partial charge in [-0.3, -0.25) is 0 Å². The van der Waals surface area contributed by atoms with Crippen LogP contribution in [0, 0.1) is 0 Å². The predicted octanol–water partition coefficient (Wildman–Crippen LogP) is 13.7. The molecular formula is C52H41N. The lowest BCUT2D eigenvalue weighted by Crippen LogP contribution is -2.05. The third kappa shape index (κ3) is 6.82. The second kappa shape index (κ2) is 14.7. The van der Waals surface area contributed by atoms with E-state index in [2.05, 4.69) is 211 Å². The first kappa shape index (κ1) is 32.5. The molecule has 0 aliphatic heterocycles. The molecule has 254 valence electrons. The zero-order chi connectivity index (χ0) is 35.4. The summed E-state index contributed by atoms with van der Waals surface area (Å²) in [6, 6.07) is 75.4. The van der Waals surface area contributed by atoms with Gasteiger partial charge in [0.15, 0.2) is 0 Å². The van der Waals surface area contributed by atoms with Gasteiger partial charge in [-0.25, -0.2) is 0 Å². The van der Waals surface area contributed by atoms with Crippen LogP contribution in [0.4, 0.5) is 0 Å². The van der Waals surface area contributed by atoms with E-state index in [1.807, 2.05) is 0 Å². The van der Waals surface area contributed by atoms with E-state index in [0.717, 1.165) is 19.3 Å². The quantitative estimate of drug-likeness (QED) is 0.136. The Kier molecular flexibility index (Phi) is 8.98. The molecule has 0 bridgehead atoms. The molecule has 0 saturated carbocycles. The average Bonchev–Trinajstić information content (AvgIpc) is 3.57. The summed E-state index contributed by atoms with van der Waals surface area (Å²) >= 11 is 0. The first-order chi connectivity index (χ1) is 26.3. The highest BCUT2D eigenvalue weighted by Gasteiger charge is 2.16. The van der Waals surface area contributed by atoms with Crippen LogP contribution in [0.25, 0.3) is 60.9 Å². The Bertz CT molecular complexity index is 2580. The minimum atomic E-state index is 0.409. The van der Waals surface area contributed by atoms with Gasteiger partial charge in [0.2, 0.25) is 0 Å². The third-order valence-corrected chi connectivity index (χ3v) is 10.8. The second-order valence-electron chi connectivity index (χ2n) is 14.1. The molecule has 0 amide bonds. The number of aryl methyl sites for hydroxylation is 1. The Morgan fingerprint density at radius 2 is 0.830 bits per heavy atom. The number of benzene rings is 8. The fourth-order valence-corrected chi connectivity index (χ4v) is 7.93. The van der Waals surface area contributed by atoms with Crippen LogP contribution in [0.1, 0.15) is 29.0 Å². The summed E-state index contributed by atoms with van der Waals surface area (Å²) in [7, 11) is 0. The molecule has 1 atom stereocenters. The van der Waals surface area contributed by atoms with E-state index in [9.17, 15) is 0 Å². The summed E-state index contributed by atoms with van der Waals surface area (Å²) in [6.45, 7) is 0. The standard InChI is InChI=1S/C52H41N/c1-4-12-40(13-5-1)42-27-23-39(24-28-42)36-46(45-32-30-43(31-33-45)41-14-6-2-7-15-41)29-22-38-20-25-44(26-21-38)47-34-35-52-50(37-47)49-18-10-11-19-51(49)53(52)48-16-8-3-9-17-48/h1-21,23-28,30-35,37,46H,22,29,36H2. The van der Waals surface area contributed by atoms with Crippen molar-refractivity contribution in [2.75, 3.05) is 0 Å². The minimum Gasteiger partial charge on any atom is -0.309 e. The van der Waals surface area contributed by atoms with Crippen molar-refractivity contribution in [2.45, 2.75) is 25.2 Å². The van der Waals surface area contributed by atoms with Crippen LogP contribution in [0.3, 0.4) is 0 Å². The molecule has 1 heteroatoms. The lowest BCUT2D eigenvalue weighted by Gasteiger charge is -2.19. The van der Waals surface area contributed by atoms with Crippen LogP contribution in [-0.4, -0.2) is 4.57 Å². The monoisotopic (exact) mass is 679 g/mol. The van der Waals surface area contributed by atoms with Crippen LogP contribution in [-0.2, 0) is 12.8 Å². The molecule has 0 fully saturated rings. The average molecular weight is 680 g/mol. The molecule has 1 nitrogen and oxygen atoms in total. The maximum Gasteiger partial charge on any atom is 0.0541 e. The Balaban J connectivity index is 0.966. The number of aromatic nitrogens is 1. The number of para-hydroxylation sites is 2. The van der Waals surface area contributed by atoms with Gasteiger partial charge in [0.1, 0.15) is 0 Å². The van der Waals surface area contributed by atoms with Gasteiger partial charge >= 0.3 is 0 Å². The van der Waals surface area contributed by atoms with E-state index in [1.54, 1.807) is 0 Å². The maximum absolute atomic E-state index is 2.38. The van der Waals surface area contributed by atoms with Gasteiger partial charge in [0.05, 0.1) is 11.0 Å². The first-order valence-electron chi connectivity index (χ1n) is 18.7. The van der Waals surface area contributed by atoms with Crippen LogP contribution in [0.5, 0.6) is 0 Å². The van der Waals surface area contributed by atoms with Crippen molar-refractivity contribution in [3.63, 3.8) is 0 Å². The summed E-state index contributed by atoms with van der Waals surface area (Å²) in [5, 5.41) is 2.56. The van der Waals surface area contributed by atoms with Crippen molar-refractivity contribution in [3.05, 3.63) is 223 Å². The van der Waals surface area contributed by atoms with Gasteiger partial charge in [-0.2, -0.15) is 0 Å². The molecule has 0 radical (unpaired) electrons. The summed E-state index contributed by atoms with van der Waals surface area (Å²) < 4.78 is 2.38. The van der Waals surface area contributed by atoms with Crippen LogP contribution < -0.4 is 0 Å². The van der Waals surface area contributed by atoms with Crippen LogP contribution >= 0.6 is 0 Å². The number of hydrogen-bond acceptors (Lipinski definition) is 0. The fourth-order valence-electron chi connectivity index (χ4n) is 7.93. The highest BCUT2D eigenvalue weighted by atomic mass is 15.0. The normalized spacial score (nSPS) is 11.9. The zero-order valence-corrected chi connectivity index (χ0v) is 29.8. The van der Waals surface area contributed by atoms with Crippen molar-refractivity contribution in [2.24, 2.45) is 0 Å². The van der Waals surface area contributed by atoms with Gasteiger partial charge in [-0.1, -0.05) is 176 Å². The van der Waals surface area contributed by atoms with Gasteiger partial charge in [0.25, 0.3) is 0 Å². The van der Waals surface area contributed by atoms with Crippen LogP contribution in [0.15, 0.2) is 206 Å². The topological polar surface area (TPSA) is 4.93 Å². The molecule has 53 heavy (non-hydrogen) atoms. The zero-order valence-electron chi connectivity index (χ0n) is 29.8. The van der Waals surface area contributed by atoms with E-state index in [0.29, 0.717) is 5.92 Å². The molecule has 0 N–H and O–H groups in total. The minimum absolute atomic E-state index is 0.409. The van der Waals surface area contributed by atoms with Gasteiger partial charge in [-0.05, 0) is 106 Å². The summed E-state index contributed by atoms with van der Waals surface area (Å²) in [4.78, 5) is 0.